The normalized spacial score (nSPS) is 19.5. The second-order valence-corrected chi connectivity index (χ2v) is 18.7. The Kier molecular flexibility index (Phi) is 31.1. The van der Waals surface area contributed by atoms with Crippen molar-refractivity contribution in [1.29, 1.82) is 0 Å². The molecule has 0 spiro atoms. The van der Waals surface area contributed by atoms with Gasteiger partial charge in [-0.15, -0.1) is 0 Å². The van der Waals surface area contributed by atoms with E-state index < -0.39 is 44.7 Å². The van der Waals surface area contributed by atoms with Crippen LogP contribution in [0.1, 0.15) is 162 Å². The number of likely N-dealkylation sites (N-methyl/N-ethyl adjacent to an activating group) is 1. The third kappa shape index (κ3) is 30.5. The van der Waals surface area contributed by atoms with E-state index >= 15 is 0 Å². The number of aliphatic hydroxyl groups is 2. The van der Waals surface area contributed by atoms with Crippen molar-refractivity contribution >= 4 is 25.5 Å². The number of esters is 2. The van der Waals surface area contributed by atoms with Gasteiger partial charge in [0.15, 0.2) is 6.10 Å². The minimum absolute atomic E-state index is 0.000958. The van der Waals surface area contributed by atoms with Crippen LogP contribution in [0.15, 0.2) is 36.5 Å². The second kappa shape index (κ2) is 33.4. The van der Waals surface area contributed by atoms with E-state index in [0.29, 0.717) is 43.1 Å². The van der Waals surface area contributed by atoms with Crippen molar-refractivity contribution < 1.29 is 57.1 Å². The average molecular weight is 857 g/mol. The van der Waals surface area contributed by atoms with Gasteiger partial charge in [-0.3, -0.25) is 23.4 Å². The minimum Gasteiger partial charge on any atom is -0.462 e. The number of rotatable bonds is 37. The van der Waals surface area contributed by atoms with Gasteiger partial charge >= 0.3 is 19.8 Å². The summed E-state index contributed by atoms with van der Waals surface area (Å²) in [5.74, 6) is -1.71. The van der Waals surface area contributed by atoms with Crippen molar-refractivity contribution in [2.75, 3.05) is 47.5 Å². The summed E-state index contributed by atoms with van der Waals surface area (Å²) >= 11 is 0. The molecule has 6 atom stereocenters. The molecular formula is C46H83NO11P+. The van der Waals surface area contributed by atoms with Gasteiger partial charge in [0, 0.05) is 31.1 Å². The molecule has 0 heterocycles. The Morgan fingerprint density at radius 3 is 2.02 bits per heavy atom. The lowest BCUT2D eigenvalue weighted by Crippen LogP contribution is -2.37. The number of ether oxygens (including phenoxy) is 2. The molecular weight excluding hydrogens is 773 g/mol. The van der Waals surface area contributed by atoms with Crippen LogP contribution in [0.5, 0.6) is 0 Å². The van der Waals surface area contributed by atoms with E-state index in [1.807, 2.05) is 33.3 Å². The van der Waals surface area contributed by atoms with Crippen LogP contribution in [0.25, 0.3) is 0 Å². The standard InChI is InChI=1S/C46H82NO11P/c1-6-8-10-11-12-13-14-15-16-17-18-19-20-21-27-31-46(52)58-40(38-57-59(53,54)56-35-34-47(3,4)5)37-55-45(51)30-26-23-22-25-29-41-42(44(50)36-43(41)49)33-32-39(48)28-24-9-7-2/h15-16,22,25,32-33,39-42,44,48,50H,6-14,17-21,23-24,26-31,34-38H2,1-5H3/p+1/b16-15-,25-22-,33-32+/t39-,40+,41+,42+,44+/m0/s1. The first kappa shape index (κ1) is 54.8. The number of nitrogens with zero attached hydrogens (tertiary/aromatic N) is 1. The van der Waals surface area contributed by atoms with Crippen molar-refractivity contribution in [3.8, 4) is 0 Å². The molecule has 13 heteroatoms. The number of quaternary nitrogens is 1. The van der Waals surface area contributed by atoms with Gasteiger partial charge in [-0.1, -0.05) is 121 Å². The summed E-state index contributed by atoms with van der Waals surface area (Å²) in [4.78, 5) is 48.1. The van der Waals surface area contributed by atoms with Crippen molar-refractivity contribution in [1.82, 2.24) is 0 Å². The molecule has 1 aliphatic rings. The topological polar surface area (TPSA) is 166 Å². The molecule has 0 aromatic heterocycles. The fourth-order valence-corrected chi connectivity index (χ4v) is 7.55. The lowest BCUT2D eigenvalue weighted by atomic mass is 9.90. The molecule has 0 bridgehead atoms. The SMILES string of the molecule is CCCCCCCC/C=C\CCCCCCCC(=O)O[C@H](COC(=O)CCC/C=C\C[C@H]1C(=O)C[C@@H](O)[C@@H]1/C=C/[C@@H](O)CCCCC)COP(=O)(O)OCC[N+](C)(C)C. The number of ketones is 1. The van der Waals surface area contributed by atoms with Crippen LogP contribution in [0.3, 0.4) is 0 Å². The summed E-state index contributed by atoms with van der Waals surface area (Å²) in [5.41, 5.74) is 0. The van der Waals surface area contributed by atoms with Gasteiger partial charge in [0.25, 0.3) is 0 Å². The third-order valence-electron chi connectivity index (χ3n) is 10.5. The van der Waals surface area contributed by atoms with Gasteiger partial charge in [0.1, 0.15) is 25.5 Å². The molecule has 1 saturated carbocycles. The van der Waals surface area contributed by atoms with Crippen LogP contribution < -0.4 is 0 Å². The molecule has 0 aliphatic heterocycles. The molecule has 1 unspecified atom stereocenters. The predicted octanol–water partition coefficient (Wildman–Crippen LogP) is 9.50. The highest BCUT2D eigenvalue weighted by atomic mass is 31.2. The van der Waals surface area contributed by atoms with Gasteiger partial charge in [0.05, 0.1) is 40.0 Å². The van der Waals surface area contributed by atoms with Crippen molar-refractivity contribution in [3.05, 3.63) is 36.5 Å². The first-order chi connectivity index (χ1) is 28.2. The van der Waals surface area contributed by atoms with E-state index in [4.69, 9.17) is 18.5 Å². The Hall–Kier alpha value is -2.18. The largest absolute Gasteiger partial charge is 0.472 e. The smallest absolute Gasteiger partial charge is 0.462 e. The number of aliphatic hydroxyl groups excluding tert-OH is 2. The molecule has 0 amide bonds. The van der Waals surface area contributed by atoms with Gasteiger partial charge in [-0.2, -0.15) is 0 Å². The molecule has 0 radical (unpaired) electrons. The molecule has 59 heavy (non-hydrogen) atoms. The average Bonchev–Trinajstić information content (AvgIpc) is 3.44. The summed E-state index contributed by atoms with van der Waals surface area (Å²) in [6.07, 6.45) is 29.8. The first-order valence-corrected chi connectivity index (χ1v) is 24.3. The highest BCUT2D eigenvalue weighted by molar-refractivity contribution is 7.47. The summed E-state index contributed by atoms with van der Waals surface area (Å²) in [5, 5.41) is 20.7. The zero-order valence-corrected chi connectivity index (χ0v) is 38.3. The molecule has 0 aromatic carbocycles. The highest BCUT2D eigenvalue weighted by Crippen LogP contribution is 2.43. The molecule has 3 N–H and O–H groups in total. The number of hydrogen-bond acceptors (Lipinski definition) is 10. The maximum atomic E-state index is 12.7. The molecule has 1 rings (SSSR count). The number of allylic oxidation sites excluding steroid dienone is 4. The summed E-state index contributed by atoms with van der Waals surface area (Å²) in [6.45, 7) is 3.99. The number of carbonyl (C=O) groups is 3. The lowest BCUT2D eigenvalue weighted by Gasteiger charge is -2.24. The van der Waals surface area contributed by atoms with E-state index in [2.05, 4.69) is 26.0 Å². The van der Waals surface area contributed by atoms with E-state index in [1.165, 1.54) is 38.5 Å². The van der Waals surface area contributed by atoms with Gasteiger partial charge in [-0.25, -0.2) is 4.57 Å². The van der Waals surface area contributed by atoms with Crippen LogP contribution in [0.4, 0.5) is 0 Å². The fraction of sp³-hybridized carbons (Fsp3) is 0.804. The lowest BCUT2D eigenvalue weighted by molar-refractivity contribution is -0.870. The number of carbonyl (C=O) groups excluding carboxylic acids is 3. The quantitative estimate of drug-likeness (QED) is 0.0179. The molecule has 12 nitrogen and oxygen atoms in total. The highest BCUT2D eigenvalue weighted by Gasteiger charge is 2.39. The maximum absolute atomic E-state index is 12.7. The predicted molar refractivity (Wildman–Crippen MR) is 234 cm³/mol. The summed E-state index contributed by atoms with van der Waals surface area (Å²) in [6, 6.07) is 0. The van der Waals surface area contributed by atoms with Crippen LogP contribution in [-0.2, 0) is 37.5 Å². The Bertz CT molecular complexity index is 1260. The molecule has 1 fully saturated rings. The van der Waals surface area contributed by atoms with Crippen LogP contribution in [0.2, 0.25) is 0 Å². The Morgan fingerprint density at radius 1 is 0.780 bits per heavy atom. The molecule has 0 saturated heterocycles. The molecule has 1 aliphatic carbocycles. The fourth-order valence-electron chi connectivity index (χ4n) is 6.81. The number of Topliss-reactive ketones (excluding diaryl/α,β-unsaturated/α-hetero) is 1. The van der Waals surface area contributed by atoms with E-state index in [1.54, 1.807) is 12.2 Å². The number of hydrogen-bond donors (Lipinski definition) is 3. The van der Waals surface area contributed by atoms with Gasteiger partial charge in [-0.05, 0) is 57.8 Å². The van der Waals surface area contributed by atoms with Crippen LogP contribution in [0, 0.1) is 11.8 Å². The van der Waals surface area contributed by atoms with Gasteiger partial charge in [0.2, 0.25) is 0 Å². The number of phosphoric acid groups is 1. The van der Waals surface area contributed by atoms with Crippen molar-refractivity contribution in [2.24, 2.45) is 11.8 Å². The second-order valence-electron chi connectivity index (χ2n) is 17.2. The van der Waals surface area contributed by atoms with Gasteiger partial charge < -0.3 is 29.1 Å². The Balaban J connectivity index is 2.50. The van der Waals surface area contributed by atoms with Crippen LogP contribution >= 0.6 is 7.82 Å². The Morgan fingerprint density at radius 2 is 1.36 bits per heavy atom. The summed E-state index contributed by atoms with van der Waals surface area (Å²) < 4.78 is 34.2. The van der Waals surface area contributed by atoms with Crippen LogP contribution in [-0.4, -0.2) is 103 Å². The van der Waals surface area contributed by atoms with E-state index in [0.717, 1.165) is 57.8 Å². The van der Waals surface area contributed by atoms with E-state index in [9.17, 15) is 34.1 Å². The number of unbranched alkanes of at least 4 members (excludes halogenated alkanes) is 14. The zero-order chi connectivity index (χ0) is 43.8. The first-order valence-electron chi connectivity index (χ1n) is 22.8. The summed E-state index contributed by atoms with van der Waals surface area (Å²) in [7, 11) is 1.32. The van der Waals surface area contributed by atoms with E-state index in [-0.39, 0.29) is 50.1 Å². The van der Waals surface area contributed by atoms with Crippen molar-refractivity contribution in [2.45, 2.75) is 180 Å². The monoisotopic (exact) mass is 857 g/mol. The third-order valence-corrected chi connectivity index (χ3v) is 11.5. The minimum atomic E-state index is -4.44. The Labute approximate surface area is 357 Å². The molecule has 0 aromatic rings. The number of phosphoric ester groups is 1. The van der Waals surface area contributed by atoms with Crippen molar-refractivity contribution in [3.63, 3.8) is 0 Å². The zero-order valence-electron chi connectivity index (χ0n) is 37.4. The maximum Gasteiger partial charge on any atom is 0.472 e. The molecule has 342 valence electrons.